The van der Waals surface area contributed by atoms with Crippen molar-refractivity contribution in [2.75, 3.05) is 13.7 Å². The van der Waals surface area contributed by atoms with Crippen LogP contribution in [0.15, 0.2) is 28.7 Å². The molecule has 0 N–H and O–H groups in total. The van der Waals surface area contributed by atoms with Gasteiger partial charge in [0, 0.05) is 16.1 Å². The van der Waals surface area contributed by atoms with Crippen molar-refractivity contribution in [2.24, 2.45) is 0 Å². The fourth-order valence-corrected chi connectivity index (χ4v) is 1.56. The Bertz CT molecular complexity index is 399. The lowest BCUT2D eigenvalue weighted by atomic mass is 10.2. The molecule has 0 spiro atoms. The normalized spacial score (nSPS) is 10.4. The van der Waals surface area contributed by atoms with E-state index in [9.17, 15) is 4.79 Å². The number of ether oxygens (including phenoxy) is 2. The lowest BCUT2D eigenvalue weighted by molar-refractivity contribution is -0.137. The smallest absolute Gasteiger partial charge is 0.330 e. The average molecular weight is 285 g/mol. The van der Waals surface area contributed by atoms with Crippen LogP contribution in [0.25, 0.3) is 6.08 Å². The molecule has 0 aliphatic carbocycles. The van der Waals surface area contributed by atoms with E-state index in [1.807, 2.05) is 18.2 Å². The summed E-state index contributed by atoms with van der Waals surface area (Å²) in [6.45, 7) is 2.14. The average Bonchev–Trinajstić information content (AvgIpc) is 2.27. The van der Waals surface area contributed by atoms with E-state index in [2.05, 4.69) is 15.9 Å². The van der Waals surface area contributed by atoms with Crippen molar-refractivity contribution in [3.05, 3.63) is 34.3 Å². The van der Waals surface area contributed by atoms with Gasteiger partial charge in [0.1, 0.15) is 5.75 Å². The monoisotopic (exact) mass is 284 g/mol. The predicted molar refractivity (Wildman–Crippen MR) is 66.4 cm³/mol. The van der Waals surface area contributed by atoms with Gasteiger partial charge in [-0.3, -0.25) is 0 Å². The fourth-order valence-electron chi connectivity index (χ4n) is 1.18. The third-order valence-corrected chi connectivity index (χ3v) is 2.37. The summed E-state index contributed by atoms with van der Waals surface area (Å²) in [5, 5.41) is 0. The number of esters is 1. The van der Waals surface area contributed by atoms with Crippen LogP contribution < -0.4 is 4.74 Å². The maximum atomic E-state index is 11.1. The molecule has 4 heteroatoms. The van der Waals surface area contributed by atoms with Gasteiger partial charge in [-0.25, -0.2) is 4.79 Å². The number of rotatable bonds is 4. The Morgan fingerprint density at radius 1 is 1.50 bits per heavy atom. The number of benzene rings is 1. The summed E-state index contributed by atoms with van der Waals surface area (Å²) < 4.78 is 10.9. The van der Waals surface area contributed by atoms with Crippen molar-refractivity contribution in [3.8, 4) is 5.75 Å². The van der Waals surface area contributed by atoms with Crippen LogP contribution in [0.3, 0.4) is 0 Å². The van der Waals surface area contributed by atoms with E-state index in [-0.39, 0.29) is 5.97 Å². The van der Waals surface area contributed by atoms with E-state index in [0.717, 1.165) is 10.0 Å². The molecule has 0 aromatic heterocycles. The topological polar surface area (TPSA) is 35.5 Å². The Labute approximate surface area is 103 Å². The Balaban J connectivity index is 2.86. The van der Waals surface area contributed by atoms with Gasteiger partial charge < -0.3 is 9.47 Å². The summed E-state index contributed by atoms with van der Waals surface area (Å²) in [6.07, 6.45) is 3.05. The Morgan fingerprint density at radius 2 is 2.25 bits per heavy atom. The van der Waals surface area contributed by atoms with Gasteiger partial charge in [-0.2, -0.15) is 0 Å². The molecule has 0 aliphatic rings. The first-order valence-electron chi connectivity index (χ1n) is 4.85. The number of halogens is 1. The molecule has 1 aromatic rings. The molecule has 0 bridgehead atoms. The van der Waals surface area contributed by atoms with Crippen molar-refractivity contribution >= 4 is 28.0 Å². The number of hydrogen-bond donors (Lipinski definition) is 0. The van der Waals surface area contributed by atoms with E-state index < -0.39 is 0 Å². The molecular weight excluding hydrogens is 272 g/mol. The maximum absolute atomic E-state index is 11.1. The van der Waals surface area contributed by atoms with Crippen molar-refractivity contribution in [2.45, 2.75) is 6.92 Å². The van der Waals surface area contributed by atoms with Crippen molar-refractivity contribution in [1.82, 2.24) is 0 Å². The van der Waals surface area contributed by atoms with E-state index in [1.165, 1.54) is 6.08 Å². The van der Waals surface area contributed by atoms with E-state index >= 15 is 0 Å². The first-order valence-corrected chi connectivity index (χ1v) is 5.65. The molecule has 0 fully saturated rings. The van der Waals surface area contributed by atoms with Gasteiger partial charge in [-0.15, -0.1) is 0 Å². The van der Waals surface area contributed by atoms with Crippen molar-refractivity contribution in [3.63, 3.8) is 0 Å². The molecule has 0 atom stereocenters. The van der Waals surface area contributed by atoms with Crippen LogP contribution in [0, 0.1) is 0 Å². The second-order valence-corrected chi connectivity index (χ2v) is 3.89. The van der Waals surface area contributed by atoms with Crippen LogP contribution in [0.4, 0.5) is 0 Å². The first kappa shape index (κ1) is 12.8. The summed E-state index contributed by atoms with van der Waals surface area (Å²) in [6, 6.07) is 5.57. The summed E-state index contributed by atoms with van der Waals surface area (Å²) in [5.74, 6) is 0.355. The lowest BCUT2D eigenvalue weighted by Crippen LogP contribution is -1.98. The van der Waals surface area contributed by atoms with E-state index in [4.69, 9.17) is 9.47 Å². The van der Waals surface area contributed by atoms with Gasteiger partial charge in [0.05, 0.1) is 13.7 Å². The Kier molecular flexibility index (Phi) is 5.05. The van der Waals surface area contributed by atoms with Crippen LogP contribution in [-0.2, 0) is 9.53 Å². The standard InChI is InChI=1S/C12H13BrO3/c1-3-16-12(14)7-4-9-8-10(13)5-6-11(9)15-2/h4-8H,3H2,1-2H3/b7-4-. The fraction of sp³-hybridized carbons (Fsp3) is 0.250. The van der Waals surface area contributed by atoms with Gasteiger partial charge in [0.15, 0.2) is 0 Å². The molecule has 1 aromatic carbocycles. The third kappa shape index (κ3) is 3.70. The van der Waals surface area contributed by atoms with Crippen LogP contribution in [-0.4, -0.2) is 19.7 Å². The van der Waals surface area contributed by atoms with Crippen molar-refractivity contribution in [1.29, 1.82) is 0 Å². The quantitative estimate of drug-likeness (QED) is 0.630. The van der Waals surface area contributed by atoms with Gasteiger partial charge in [0.2, 0.25) is 0 Å². The second kappa shape index (κ2) is 6.33. The molecule has 3 nitrogen and oxygen atoms in total. The van der Waals surface area contributed by atoms with E-state index in [0.29, 0.717) is 12.4 Å². The minimum Gasteiger partial charge on any atom is -0.496 e. The SMILES string of the molecule is CCOC(=O)/C=C\c1cc(Br)ccc1OC. The zero-order chi connectivity index (χ0) is 12.0. The number of carbonyl (C=O) groups excluding carboxylic acids is 1. The highest BCUT2D eigenvalue weighted by Gasteiger charge is 2.01. The predicted octanol–water partition coefficient (Wildman–Crippen LogP) is 3.03. The second-order valence-electron chi connectivity index (χ2n) is 2.97. The molecule has 0 saturated heterocycles. The third-order valence-electron chi connectivity index (χ3n) is 1.88. The van der Waals surface area contributed by atoms with Crippen molar-refractivity contribution < 1.29 is 14.3 Å². The summed E-state index contributed by atoms with van der Waals surface area (Å²) in [5.41, 5.74) is 0.824. The summed E-state index contributed by atoms with van der Waals surface area (Å²) in [4.78, 5) is 11.1. The highest BCUT2D eigenvalue weighted by atomic mass is 79.9. The molecule has 0 radical (unpaired) electrons. The minimum absolute atomic E-state index is 0.357. The Morgan fingerprint density at radius 3 is 2.88 bits per heavy atom. The molecule has 1 rings (SSSR count). The van der Waals surface area contributed by atoms with Crippen LogP contribution in [0.5, 0.6) is 5.75 Å². The van der Waals surface area contributed by atoms with Crippen LogP contribution >= 0.6 is 15.9 Å². The summed E-state index contributed by atoms with van der Waals surface area (Å²) >= 11 is 3.36. The zero-order valence-electron chi connectivity index (χ0n) is 9.20. The van der Waals surface area contributed by atoms with Gasteiger partial charge in [-0.1, -0.05) is 15.9 Å². The minimum atomic E-state index is -0.357. The molecule has 0 amide bonds. The number of carbonyl (C=O) groups is 1. The maximum Gasteiger partial charge on any atom is 0.330 e. The van der Waals surface area contributed by atoms with E-state index in [1.54, 1.807) is 20.1 Å². The van der Waals surface area contributed by atoms with Crippen LogP contribution in [0.2, 0.25) is 0 Å². The first-order chi connectivity index (χ1) is 7.67. The van der Waals surface area contributed by atoms with Gasteiger partial charge in [-0.05, 0) is 31.2 Å². The molecular formula is C12H13BrO3. The molecule has 0 unspecified atom stereocenters. The highest BCUT2D eigenvalue weighted by Crippen LogP contribution is 2.24. The highest BCUT2D eigenvalue weighted by molar-refractivity contribution is 9.10. The number of hydrogen-bond acceptors (Lipinski definition) is 3. The van der Waals surface area contributed by atoms with Gasteiger partial charge in [0.25, 0.3) is 0 Å². The Hall–Kier alpha value is -1.29. The molecule has 0 saturated carbocycles. The molecule has 0 heterocycles. The molecule has 16 heavy (non-hydrogen) atoms. The molecule has 0 aliphatic heterocycles. The van der Waals surface area contributed by atoms with Crippen LogP contribution in [0.1, 0.15) is 12.5 Å². The lowest BCUT2D eigenvalue weighted by Gasteiger charge is -2.04. The summed E-state index contributed by atoms with van der Waals surface area (Å²) in [7, 11) is 1.59. The zero-order valence-corrected chi connectivity index (χ0v) is 10.8. The largest absolute Gasteiger partial charge is 0.496 e. The van der Waals surface area contributed by atoms with Gasteiger partial charge >= 0.3 is 5.97 Å². The number of methoxy groups -OCH3 is 1. The molecule has 86 valence electrons.